The average molecular weight is 160 g/mol. The Morgan fingerprint density at radius 2 is 2.30 bits per heavy atom. The lowest BCUT2D eigenvalue weighted by atomic mass is 10.2. The lowest BCUT2D eigenvalue weighted by Gasteiger charge is -2.02. The first-order valence-corrected chi connectivity index (χ1v) is 4.05. The van der Waals surface area contributed by atoms with E-state index in [4.69, 9.17) is 10.8 Å². The van der Waals surface area contributed by atoms with Crippen molar-refractivity contribution in [3.63, 3.8) is 0 Å². The quantitative estimate of drug-likeness (QED) is 0.618. The molecule has 0 aliphatic heterocycles. The summed E-state index contributed by atoms with van der Waals surface area (Å²) in [6.45, 7) is 0. The fourth-order valence-corrected chi connectivity index (χ4v) is 0.858. The molecule has 0 aliphatic rings. The zero-order chi connectivity index (χ0) is 7.28. The van der Waals surface area contributed by atoms with Crippen molar-refractivity contribution < 1.29 is 9.90 Å². The molecule has 1 atom stereocenters. The fourth-order valence-electron chi connectivity index (χ4n) is 0.368. The van der Waals surface area contributed by atoms with Crippen molar-refractivity contribution in [2.24, 2.45) is 5.73 Å². The molecule has 0 aliphatic carbocycles. The molecule has 0 aromatic carbocycles. The van der Waals surface area contributed by atoms with E-state index in [-0.39, 0.29) is 7.43 Å². The molecule has 0 heterocycles. The van der Waals surface area contributed by atoms with E-state index in [0.717, 1.165) is 5.75 Å². The Kier molecular flexibility index (Phi) is 8.59. The number of nitrogens with two attached hydrogens (primary N) is 1. The van der Waals surface area contributed by atoms with E-state index in [2.05, 4.69) is 0 Å². The minimum Gasteiger partial charge on any atom is -0.480 e. The largest absolute Gasteiger partial charge is 0.480 e. The van der Waals surface area contributed by atoms with Gasteiger partial charge >= 0.3 is 5.97 Å². The van der Waals surface area contributed by atoms with Crippen LogP contribution in [0.1, 0.15) is 6.42 Å². The van der Waals surface area contributed by atoms with E-state index in [0.29, 0.717) is 6.42 Å². The van der Waals surface area contributed by atoms with Crippen LogP contribution in [0, 0.1) is 7.43 Å². The second kappa shape index (κ2) is 6.89. The minimum atomic E-state index is -0.913. The third kappa shape index (κ3) is 5.91. The lowest BCUT2D eigenvalue weighted by Crippen LogP contribution is -2.30. The Morgan fingerprint density at radius 1 is 1.80 bits per heavy atom. The van der Waals surface area contributed by atoms with Crippen molar-refractivity contribution in [3.05, 3.63) is 7.43 Å². The highest BCUT2D eigenvalue weighted by Crippen LogP contribution is 1.97. The zero-order valence-electron chi connectivity index (χ0n) is 5.83. The van der Waals surface area contributed by atoms with Crippen LogP contribution in [0.3, 0.4) is 0 Å². The normalized spacial score (nSPS) is 11.8. The molecule has 10 heavy (non-hydrogen) atoms. The van der Waals surface area contributed by atoms with Crippen LogP contribution in [0.5, 0.6) is 0 Å². The zero-order valence-corrected chi connectivity index (χ0v) is 6.65. The first kappa shape index (κ1) is 12.5. The number of hydrogen-bond donors (Lipinski definition) is 2. The molecule has 4 heteroatoms. The Hall–Kier alpha value is -0.220. The summed E-state index contributed by atoms with van der Waals surface area (Å²) in [6, 6.07) is -0.683. The van der Waals surface area contributed by atoms with Gasteiger partial charge < -0.3 is 10.8 Å². The Bertz CT molecular complexity index is 97.7. The van der Waals surface area contributed by atoms with Crippen molar-refractivity contribution in [3.8, 4) is 0 Å². The van der Waals surface area contributed by atoms with E-state index >= 15 is 0 Å². The van der Waals surface area contributed by atoms with E-state index in [9.17, 15) is 4.79 Å². The van der Waals surface area contributed by atoms with Gasteiger partial charge in [-0.15, -0.1) is 0 Å². The van der Waals surface area contributed by atoms with E-state index in [1.165, 1.54) is 0 Å². The Morgan fingerprint density at radius 3 is 2.60 bits per heavy atom. The number of thioether (sulfide) groups is 1. The standard InChI is InChI=1S/C5H11NO2S.C/c1-9-3-2-4(6)5(7)8;/h4H,2-3,6H2,1H3,(H,7,8);/t4-;/m0./s1/i;1-1. The highest BCUT2D eigenvalue weighted by atomic mass is 32.2. The van der Waals surface area contributed by atoms with Crippen molar-refractivity contribution in [2.45, 2.75) is 12.5 Å². The summed E-state index contributed by atoms with van der Waals surface area (Å²) in [4.78, 5) is 10.1. The summed E-state index contributed by atoms with van der Waals surface area (Å²) in [6.07, 6.45) is 2.48. The molecule has 0 aromatic rings. The molecule has 0 saturated carbocycles. The van der Waals surface area contributed by atoms with Gasteiger partial charge in [0.2, 0.25) is 0 Å². The monoisotopic (exact) mass is 160 g/mol. The van der Waals surface area contributed by atoms with Gasteiger partial charge in [-0.2, -0.15) is 11.8 Å². The first-order valence-electron chi connectivity index (χ1n) is 2.65. The molecule has 0 spiro atoms. The number of carbonyl (C=O) groups is 1. The number of aliphatic carboxylic acids is 1. The van der Waals surface area contributed by atoms with Gasteiger partial charge in [-0.25, -0.2) is 0 Å². The van der Waals surface area contributed by atoms with Gasteiger partial charge in [0, 0.05) is 7.43 Å². The highest BCUT2D eigenvalue weighted by Gasteiger charge is 2.08. The van der Waals surface area contributed by atoms with Crippen molar-refractivity contribution >= 4 is 17.7 Å². The molecule has 0 unspecified atom stereocenters. The van der Waals surface area contributed by atoms with Gasteiger partial charge in [0.25, 0.3) is 0 Å². The molecule has 0 saturated heterocycles. The van der Waals surface area contributed by atoms with Gasteiger partial charge in [0.1, 0.15) is 6.04 Å². The fraction of sp³-hybridized carbons (Fsp3) is 0.667. The number of carboxylic acids is 1. The Labute approximate surface area is 66.0 Å². The van der Waals surface area contributed by atoms with Crippen molar-refractivity contribution in [2.75, 3.05) is 12.0 Å². The average Bonchev–Trinajstić information content (AvgIpc) is 1.82. The minimum absolute atomic E-state index is 0. The summed E-state index contributed by atoms with van der Waals surface area (Å²) in [5.41, 5.74) is 5.19. The molecular formula is C6H11NO2S. The van der Waals surface area contributed by atoms with Crippen LogP contribution in [-0.4, -0.2) is 29.1 Å². The van der Waals surface area contributed by atoms with E-state index in [1.54, 1.807) is 11.8 Å². The molecule has 0 rings (SSSR count). The molecule has 0 aromatic heterocycles. The van der Waals surface area contributed by atoms with Crippen LogP contribution in [0.15, 0.2) is 0 Å². The van der Waals surface area contributed by atoms with Gasteiger partial charge in [0.15, 0.2) is 0 Å². The summed E-state index contributed by atoms with van der Waals surface area (Å²) in [7, 11) is 0. The summed E-state index contributed by atoms with van der Waals surface area (Å²) < 4.78 is 0. The SMILES string of the molecule is CSCC[C@H](N)C(=O)O.[11C]. The highest BCUT2D eigenvalue weighted by molar-refractivity contribution is 7.98. The maximum atomic E-state index is 10.1. The molecule has 58 valence electrons. The summed E-state index contributed by atoms with van der Waals surface area (Å²) >= 11 is 1.60. The van der Waals surface area contributed by atoms with Crippen molar-refractivity contribution in [1.29, 1.82) is 0 Å². The molecule has 0 bridgehead atoms. The van der Waals surface area contributed by atoms with Gasteiger partial charge in [0.05, 0.1) is 0 Å². The molecule has 4 radical (unpaired) electrons. The van der Waals surface area contributed by atoms with Crippen LogP contribution < -0.4 is 5.73 Å². The van der Waals surface area contributed by atoms with E-state index in [1.807, 2.05) is 6.26 Å². The van der Waals surface area contributed by atoms with Gasteiger partial charge in [-0.05, 0) is 18.4 Å². The molecule has 3 N–H and O–H groups in total. The van der Waals surface area contributed by atoms with Gasteiger partial charge in [-0.3, -0.25) is 4.79 Å². The third-order valence-corrected chi connectivity index (χ3v) is 1.59. The predicted octanol–water partition coefficient (Wildman–Crippen LogP) is 0.233. The topological polar surface area (TPSA) is 63.3 Å². The molecular weight excluding hydrogens is 149 g/mol. The Balaban J connectivity index is 0. The van der Waals surface area contributed by atoms with Gasteiger partial charge in [-0.1, -0.05) is 0 Å². The number of rotatable bonds is 4. The second-order valence-corrected chi connectivity index (χ2v) is 2.71. The van der Waals surface area contributed by atoms with Crippen molar-refractivity contribution in [1.82, 2.24) is 0 Å². The van der Waals surface area contributed by atoms with Crippen LogP contribution in [0.4, 0.5) is 0 Å². The van der Waals surface area contributed by atoms with Crippen LogP contribution in [0.25, 0.3) is 0 Å². The number of carboxylic acid groups (broad SMARTS) is 1. The van der Waals surface area contributed by atoms with Crippen LogP contribution in [0.2, 0.25) is 0 Å². The van der Waals surface area contributed by atoms with Crippen LogP contribution >= 0.6 is 11.8 Å². The predicted molar refractivity (Wildman–Crippen MR) is 41.9 cm³/mol. The molecule has 3 nitrogen and oxygen atoms in total. The summed E-state index contributed by atoms with van der Waals surface area (Å²) in [5.74, 6) is -0.1000. The summed E-state index contributed by atoms with van der Waals surface area (Å²) in [5, 5.41) is 8.27. The molecule has 0 amide bonds. The second-order valence-electron chi connectivity index (χ2n) is 1.73. The third-order valence-electron chi connectivity index (χ3n) is 0.950. The van der Waals surface area contributed by atoms with Crippen LogP contribution in [-0.2, 0) is 4.79 Å². The maximum absolute atomic E-state index is 10.1. The smallest absolute Gasteiger partial charge is 0.320 e. The molecule has 0 fully saturated rings. The number of hydrogen-bond acceptors (Lipinski definition) is 3. The maximum Gasteiger partial charge on any atom is 0.320 e. The van der Waals surface area contributed by atoms with E-state index < -0.39 is 12.0 Å². The first-order chi connectivity index (χ1) is 4.18. The lowest BCUT2D eigenvalue weighted by molar-refractivity contribution is -0.138.